The van der Waals surface area contributed by atoms with Crippen molar-refractivity contribution >= 4 is 19.0 Å². The molecule has 0 saturated heterocycles. The maximum atomic E-state index is 5.53. The zero-order chi connectivity index (χ0) is 6.85. The van der Waals surface area contributed by atoms with Crippen molar-refractivity contribution in [3.63, 3.8) is 0 Å². The lowest BCUT2D eigenvalue weighted by atomic mass is 9.91. The average Bonchev–Trinajstić information content (AvgIpc) is 1.80. The predicted octanol–water partition coefficient (Wildman–Crippen LogP) is 0.371. The van der Waals surface area contributed by atoms with Crippen molar-refractivity contribution in [3.8, 4) is 0 Å². The summed E-state index contributed by atoms with van der Waals surface area (Å²) in [6, 6.07) is 5.46. The molecular formula is C7H8BN. The van der Waals surface area contributed by atoms with Gasteiger partial charge in [0.15, 0.2) is 0 Å². The van der Waals surface area contributed by atoms with Crippen LogP contribution in [0.5, 0.6) is 0 Å². The monoisotopic (exact) mass is 117 g/mol. The van der Waals surface area contributed by atoms with Crippen molar-refractivity contribution in [1.82, 2.24) is 0 Å². The van der Waals surface area contributed by atoms with E-state index < -0.39 is 0 Å². The largest absolute Gasteiger partial charge is 0.399 e. The molecule has 1 aromatic carbocycles. The normalized spacial score (nSPS) is 9.44. The quantitative estimate of drug-likeness (QED) is 0.385. The summed E-state index contributed by atoms with van der Waals surface area (Å²) in [5, 5.41) is 0. The molecule has 0 aliphatic heterocycles. The molecule has 2 N–H and O–H groups in total. The molecule has 0 fully saturated rings. The summed E-state index contributed by atoms with van der Waals surface area (Å²) in [5.41, 5.74) is 8.07. The van der Waals surface area contributed by atoms with Crippen LogP contribution in [0.3, 0.4) is 0 Å². The number of aryl methyl sites for hydroxylation is 1. The molecule has 2 radical (unpaired) electrons. The minimum Gasteiger partial charge on any atom is -0.399 e. The topological polar surface area (TPSA) is 26.0 Å². The Balaban J connectivity index is 3.17. The summed E-state index contributed by atoms with van der Waals surface area (Å²) in [7, 11) is 5.53. The van der Waals surface area contributed by atoms with Crippen molar-refractivity contribution in [2.24, 2.45) is 0 Å². The molecule has 0 heterocycles. The molecule has 0 unspecified atom stereocenters. The van der Waals surface area contributed by atoms with Crippen molar-refractivity contribution in [2.75, 3.05) is 5.73 Å². The third kappa shape index (κ3) is 1.25. The Morgan fingerprint density at radius 1 is 1.44 bits per heavy atom. The first-order valence-electron chi connectivity index (χ1n) is 2.82. The van der Waals surface area contributed by atoms with Crippen molar-refractivity contribution in [2.45, 2.75) is 6.92 Å². The third-order valence-electron chi connectivity index (χ3n) is 1.29. The highest BCUT2D eigenvalue weighted by Crippen LogP contribution is 2.00. The van der Waals surface area contributed by atoms with Crippen LogP contribution in [0.25, 0.3) is 0 Å². The second-order valence-electron chi connectivity index (χ2n) is 2.12. The number of hydrogen-bond donors (Lipinski definition) is 1. The lowest BCUT2D eigenvalue weighted by Gasteiger charge is -1.98. The van der Waals surface area contributed by atoms with Crippen LogP contribution in [-0.2, 0) is 0 Å². The Kier molecular flexibility index (Phi) is 1.47. The van der Waals surface area contributed by atoms with E-state index in [2.05, 4.69) is 0 Å². The molecule has 9 heavy (non-hydrogen) atoms. The van der Waals surface area contributed by atoms with Gasteiger partial charge in [-0.25, -0.2) is 0 Å². The molecule has 1 nitrogen and oxygen atoms in total. The van der Waals surface area contributed by atoms with Crippen molar-refractivity contribution < 1.29 is 0 Å². The van der Waals surface area contributed by atoms with Gasteiger partial charge in [-0.2, -0.15) is 0 Å². The number of nitrogens with two attached hydrogens (primary N) is 1. The maximum absolute atomic E-state index is 5.53. The summed E-state index contributed by atoms with van der Waals surface area (Å²) >= 11 is 0. The van der Waals surface area contributed by atoms with Crippen LogP contribution in [0.15, 0.2) is 18.2 Å². The fourth-order valence-electron chi connectivity index (χ4n) is 0.699. The molecule has 0 aromatic heterocycles. The fraction of sp³-hybridized carbons (Fsp3) is 0.143. The van der Waals surface area contributed by atoms with Gasteiger partial charge in [0.2, 0.25) is 0 Å². The molecule has 0 spiro atoms. The van der Waals surface area contributed by atoms with Crippen LogP contribution >= 0.6 is 0 Å². The van der Waals surface area contributed by atoms with Crippen LogP contribution in [0.2, 0.25) is 0 Å². The van der Waals surface area contributed by atoms with Gasteiger partial charge in [0.25, 0.3) is 0 Å². The lowest BCUT2D eigenvalue weighted by Crippen LogP contribution is -2.06. The molecule has 0 atom stereocenters. The first-order chi connectivity index (χ1) is 4.20. The van der Waals surface area contributed by atoms with Gasteiger partial charge < -0.3 is 5.73 Å². The van der Waals surface area contributed by atoms with Crippen LogP contribution in [0.1, 0.15) is 5.56 Å². The fourth-order valence-corrected chi connectivity index (χ4v) is 0.699. The molecule has 0 aliphatic rings. The molecule has 0 saturated carbocycles. The van der Waals surface area contributed by atoms with Crippen molar-refractivity contribution in [3.05, 3.63) is 23.8 Å². The van der Waals surface area contributed by atoms with Gasteiger partial charge in [-0.3, -0.25) is 0 Å². The second-order valence-corrected chi connectivity index (χ2v) is 2.12. The van der Waals surface area contributed by atoms with Gasteiger partial charge in [0.1, 0.15) is 7.85 Å². The Hall–Kier alpha value is -0.915. The van der Waals surface area contributed by atoms with E-state index in [4.69, 9.17) is 13.6 Å². The number of nitrogen functional groups attached to an aromatic ring is 1. The number of benzene rings is 1. The SMILES string of the molecule is [B]c1ccc(N)cc1C. The first-order valence-corrected chi connectivity index (χ1v) is 2.82. The Labute approximate surface area is 56.3 Å². The van der Waals surface area contributed by atoms with Gasteiger partial charge >= 0.3 is 0 Å². The van der Waals surface area contributed by atoms with E-state index in [1.54, 1.807) is 6.07 Å². The summed E-state index contributed by atoms with van der Waals surface area (Å²) in [6.45, 7) is 1.94. The van der Waals surface area contributed by atoms with Crippen LogP contribution in [0, 0.1) is 6.92 Å². The average molecular weight is 117 g/mol. The van der Waals surface area contributed by atoms with E-state index in [1.165, 1.54) is 0 Å². The van der Waals surface area contributed by atoms with Gasteiger partial charge in [0, 0.05) is 5.69 Å². The summed E-state index contributed by atoms with van der Waals surface area (Å²) in [6.07, 6.45) is 0. The highest BCUT2D eigenvalue weighted by molar-refractivity contribution is 6.33. The molecular weight excluding hydrogens is 109 g/mol. The molecule has 2 heteroatoms. The summed E-state index contributed by atoms with van der Waals surface area (Å²) < 4.78 is 0. The highest BCUT2D eigenvalue weighted by atomic mass is 14.5. The molecule has 1 aromatic rings. The van der Waals surface area contributed by atoms with E-state index in [-0.39, 0.29) is 0 Å². The lowest BCUT2D eigenvalue weighted by molar-refractivity contribution is 1.52. The highest BCUT2D eigenvalue weighted by Gasteiger charge is 1.89. The summed E-state index contributed by atoms with van der Waals surface area (Å²) in [4.78, 5) is 0. The summed E-state index contributed by atoms with van der Waals surface area (Å²) in [5.74, 6) is 0. The number of anilines is 1. The van der Waals surface area contributed by atoms with Crippen LogP contribution < -0.4 is 11.2 Å². The standard InChI is InChI=1S/C7H8BN/c1-5-4-6(9)2-3-7(5)8/h2-4H,9H2,1H3. The van der Waals surface area contributed by atoms with E-state index in [1.807, 2.05) is 19.1 Å². The Morgan fingerprint density at radius 3 is 2.56 bits per heavy atom. The van der Waals surface area contributed by atoms with Crippen molar-refractivity contribution in [1.29, 1.82) is 0 Å². The van der Waals surface area contributed by atoms with Gasteiger partial charge in [-0.05, 0) is 19.1 Å². The van der Waals surface area contributed by atoms with Gasteiger partial charge in [-0.1, -0.05) is 17.1 Å². The molecule has 1 rings (SSSR count). The molecule has 0 aliphatic carbocycles. The molecule has 0 amide bonds. The van der Waals surface area contributed by atoms with Gasteiger partial charge in [-0.15, -0.1) is 0 Å². The van der Waals surface area contributed by atoms with E-state index in [9.17, 15) is 0 Å². The van der Waals surface area contributed by atoms with E-state index in [0.29, 0.717) is 0 Å². The number of hydrogen-bond acceptors (Lipinski definition) is 1. The van der Waals surface area contributed by atoms with E-state index in [0.717, 1.165) is 16.7 Å². The second kappa shape index (κ2) is 2.13. The smallest absolute Gasteiger partial charge is 0.114 e. The van der Waals surface area contributed by atoms with E-state index >= 15 is 0 Å². The minimum atomic E-state index is 0.765. The predicted molar refractivity (Wildman–Crippen MR) is 41.0 cm³/mol. The minimum absolute atomic E-state index is 0.765. The van der Waals surface area contributed by atoms with Crippen LogP contribution in [0.4, 0.5) is 5.69 Å². The Bertz CT molecular complexity index is 220. The maximum Gasteiger partial charge on any atom is 0.114 e. The van der Waals surface area contributed by atoms with Crippen LogP contribution in [-0.4, -0.2) is 7.85 Å². The molecule has 44 valence electrons. The van der Waals surface area contributed by atoms with Gasteiger partial charge in [0.05, 0.1) is 0 Å². The molecule has 0 bridgehead atoms. The third-order valence-corrected chi connectivity index (χ3v) is 1.29. The zero-order valence-electron chi connectivity index (χ0n) is 5.39. The number of rotatable bonds is 0. The first kappa shape index (κ1) is 6.21. The Morgan fingerprint density at radius 2 is 2.11 bits per heavy atom. The zero-order valence-corrected chi connectivity index (χ0v) is 5.39.